The lowest BCUT2D eigenvalue weighted by atomic mass is 9.97. The summed E-state index contributed by atoms with van der Waals surface area (Å²) in [7, 11) is 1.29. The number of carbonyl (C=O) groups is 1. The van der Waals surface area contributed by atoms with E-state index in [1.165, 1.54) is 31.6 Å². The molecule has 23 heavy (non-hydrogen) atoms. The van der Waals surface area contributed by atoms with Crippen LogP contribution in [-0.4, -0.2) is 31.7 Å². The standard InChI is InChI=1S/C13H12ClF3N4O2/c1-21-5-4-19-11(21)12(23,13(15,16)17)7-10(22)20-9-6-8(14)2-3-18-9/h2-6,23H,7H2,1H3,(H,18,20,22). The van der Waals surface area contributed by atoms with E-state index in [2.05, 4.69) is 15.3 Å². The quantitative estimate of drug-likeness (QED) is 0.888. The molecule has 0 saturated carbocycles. The largest absolute Gasteiger partial charge is 0.425 e. The van der Waals surface area contributed by atoms with E-state index < -0.39 is 29.9 Å². The lowest BCUT2D eigenvalue weighted by Crippen LogP contribution is -2.46. The van der Waals surface area contributed by atoms with Crippen molar-refractivity contribution in [3.05, 3.63) is 41.6 Å². The highest BCUT2D eigenvalue weighted by molar-refractivity contribution is 6.30. The van der Waals surface area contributed by atoms with Gasteiger partial charge in [-0.25, -0.2) is 9.97 Å². The number of carbonyl (C=O) groups excluding carboxylic acids is 1. The molecule has 0 spiro atoms. The van der Waals surface area contributed by atoms with Crippen LogP contribution in [0.2, 0.25) is 5.02 Å². The van der Waals surface area contributed by atoms with Gasteiger partial charge in [0.15, 0.2) is 5.82 Å². The van der Waals surface area contributed by atoms with Crippen LogP contribution in [0.1, 0.15) is 12.2 Å². The number of aromatic nitrogens is 3. The van der Waals surface area contributed by atoms with Crippen LogP contribution in [0.15, 0.2) is 30.7 Å². The van der Waals surface area contributed by atoms with Crippen LogP contribution in [0.25, 0.3) is 0 Å². The van der Waals surface area contributed by atoms with Crippen molar-refractivity contribution in [2.45, 2.75) is 18.2 Å². The summed E-state index contributed by atoms with van der Waals surface area (Å²) in [5.74, 6) is -1.78. The Morgan fingerprint density at radius 3 is 2.61 bits per heavy atom. The molecule has 10 heteroatoms. The number of imidazole rings is 1. The van der Waals surface area contributed by atoms with Crippen LogP contribution < -0.4 is 5.32 Å². The predicted octanol–water partition coefficient (Wildman–Crippen LogP) is 2.25. The highest BCUT2D eigenvalue weighted by Crippen LogP contribution is 2.40. The summed E-state index contributed by atoms with van der Waals surface area (Å²) in [6.07, 6.45) is -2.74. The Hall–Kier alpha value is -2.13. The van der Waals surface area contributed by atoms with Crippen molar-refractivity contribution in [1.82, 2.24) is 14.5 Å². The van der Waals surface area contributed by atoms with Gasteiger partial charge in [0.1, 0.15) is 5.82 Å². The van der Waals surface area contributed by atoms with Crippen molar-refractivity contribution in [2.24, 2.45) is 7.05 Å². The first-order valence-electron chi connectivity index (χ1n) is 6.32. The molecule has 6 nitrogen and oxygen atoms in total. The Kier molecular flexibility index (Phi) is 4.62. The highest BCUT2D eigenvalue weighted by atomic mass is 35.5. The number of hydrogen-bond donors (Lipinski definition) is 2. The Balaban J connectivity index is 2.25. The van der Waals surface area contributed by atoms with Gasteiger partial charge in [-0.1, -0.05) is 11.6 Å². The zero-order valence-electron chi connectivity index (χ0n) is 11.8. The maximum Gasteiger partial charge on any atom is 0.425 e. The normalized spacial score (nSPS) is 14.3. The first-order valence-corrected chi connectivity index (χ1v) is 6.69. The first kappa shape index (κ1) is 17.2. The van der Waals surface area contributed by atoms with Gasteiger partial charge >= 0.3 is 6.18 Å². The number of halogens is 4. The van der Waals surface area contributed by atoms with Gasteiger partial charge in [0.05, 0.1) is 6.42 Å². The SMILES string of the molecule is Cn1ccnc1C(O)(CC(=O)Nc1cc(Cl)ccn1)C(F)(F)F. The summed E-state index contributed by atoms with van der Waals surface area (Å²) in [6, 6.07) is 2.71. The van der Waals surface area contributed by atoms with E-state index >= 15 is 0 Å². The number of hydrogen-bond acceptors (Lipinski definition) is 4. The van der Waals surface area contributed by atoms with E-state index in [-0.39, 0.29) is 10.8 Å². The molecule has 0 bridgehead atoms. The van der Waals surface area contributed by atoms with E-state index in [4.69, 9.17) is 11.6 Å². The molecule has 0 saturated heterocycles. The average Bonchev–Trinajstić information content (AvgIpc) is 2.83. The predicted molar refractivity (Wildman–Crippen MR) is 75.7 cm³/mol. The zero-order chi connectivity index (χ0) is 17.3. The molecule has 2 aromatic heterocycles. The van der Waals surface area contributed by atoms with E-state index in [0.29, 0.717) is 0 Å². The van der Waals surface area contributed by atoms with Crippen molar-refractivity contribution < 1.29 is 23.1 Å². The second-order valence-corrected chi connectivity index (χ2v) is 5.24. The van der Waals surface area contributed by atoms with Gasteiger partial charge in [0.25, 0.3) is 0 Å². The van der Waals surface area contributed by atoms with Crippen molar-refractivity contribution in [3.8, 4) is 0 Å². The van der Waals surface area contributed by atoms with Gasteiger partial charge in [0.2, 0.25) is 11.5 Å². The van der Waals surface area contributed by atoms with E-state index in [9.17, 15) is 23.1 Å². The molecule has 0 aromatic carbocycles. The fourth-order valence-electron chi connectivity index (χ4n) is 1.96. The van der Waals surface area contributed by atoms with Crippen molar-refractivity contribution in [1.29, 1.82) is 0 Å². The molecule has 0 aliphatic rings. The van der Waals surface area contributed by atoms with Crippen molar-refractivity contribution >= 4 is 23.3 Å². The number of aryl methyl sites for hydroxylation is 1. The summed E-state index contributed by atoms with van der Waals surface area (Å²) in [5, 5.41) is 12.5. The fraction of sp³-hybridized carbons (Fsp3) is 0.308. The molecule has 2 rings (SSSR count). The van der Waals surface area contributed by atoms with Crippen LogP contribution in [-0.2, 0) is 17.4 Å². The molecule has 0 aliphatic heterocycles. The minimum Gasteiger partial charge on any atom is -0.374 e. The van der Waals surface area contributed by atoms with Gasteiger partial charge in [-0.3, -0.25) is 4.79 Å². The Labute approximate surface area is 133 Å². The summed E-state index contributed by atoms with van der Waals surface area (Å²) in [5.41, 5.74) is -3.42. The summed E-state index contributed by atoms with van der Waals surface area (Å²) >= 11 is 5.70. The molecular formula is C13H12ClF3N4O2. The number of nitrogens with one attached hydrogen (secondary N) is 1. The second kappa shape index (κ2) is 6.17. The van der Waals surface area contributed by atoms with E-state index in [0.717, 1.165) is 10.8 Å². The molecule has 1 unspecified atom stereocenters. The molecular weight excluding hydrogens is 337 g/mol. The third kappa shape index (κ3) is 3.62. The third-order valence-corrected chi connectivity index (χ3v) is 3.30. The number of amides is 1. The molecule has 124 valence electrons. The Bertz CT molecular complexity index is 719. The van der Waals surface area contributed by atoms with Gasteiger partial charge in [-0.05, 0) is 12.1 Å². The lowest BCUT2D eigenvalue weighted by molar-refractivity contribution is -0.270. The summed E-state index contributed by atoms with van der Waals surface area (Å²) in [4.78, 5) is 19.2. The Morgan fingerprint density at radius 1 is 1.39 bits per heavy atom. The fourth-order valence-corrected chi connectivity index (χ4v) is 2.12. The number of nitrogens with zero attached hydrogens (tertiary/aromatic N) is 3. The lowest BCUT2D eigenvalue weighted by Gasteiger charge is -2.29. The third-order valence-electron chi connectivity index (χ3n) is 3.07. The molecule has 1 atom stereocenters. The average molecular weight is 349 g/mol. The number of alkyl halides is 3. The smallest absolute Gasteiger partial charge is 0.374 e. The van der Waals surface area contributed by atoms with Crippen molar-refractivity contribution in [3.63, 3.8) is 0 Å². The zero-order valence-corrected chi connectivity index (χ0v) is 12.6. The van der Waals surface area contributed by atoms with Gasteiger partial charge in [-0.2, -0.15) is 13.2 Å². The molecule has 1 amide bonds. The van der Waals surface area contributed by atoms with Gasteiger partial charge in [0, 0.05) is 30.7 Å². The highest BCUT2D eigenvalue weighted by Gasteiger charge is 2.58. The minimum atomic E-state index is -5.09. The summed E-state index contributed by atoms with van der Waals surface area (Å²) in [6.45, 7) is 0. The van der Waals surface area contributed by atoms with Crippen LogP contribution in [0.3, 0.4) is 0 Å². The minimum absolute atomic E-state index is 0.0214. The van der Waals surface area contributed by atoms with Crippen LogP contribution in [0, 0.1) is 0 Å². The number of rotatable bonds is 4. The molecule has 0 fully saturated rings. The van der Waals surface area contributed by atoms with E-state index in [1.54, 1.807) is 0 Å². The monoisotopic (exact) mass is 348 g/mol. The number of anilines is 1. The van der Waals surface area contributed by atoms with E-state index in [1.807, 2.05) is 0 Å². The second-order valence-electron chi connectivity index (χ2n) is 4.80. The molecule has 0 radical (unpaired) electrons. The molecule has 2 aromatic rings. The van der Waals surface area contributed by atoms with Gasteiger partial charge < -0.3 is 15.0 Å². The van der Waals surface area contributed by atoms with Crippen LogP contribution in [0.4, 0.5) is 19.0 Å². The topological polar surface area (TPSA) is 80.0 Å². The maximum atomic E-state index is 13.3. The van der Waals surface area contributed by atoms with Crippen LogP contribution >= 0.6 is 11.6 Å². The first-order chi connectivity index (χ1) is 10.6. The number of pyridine rings is 1. The maximum absolute atomic E-state index is 13.3. The number of aliphatic hydroxyl groups is 1. The molecule has 2 heterocycles. The summed E-state index contributed by atoms with van der Waals surface area (Å²) < 4.78 is 40.9. The Morgan fingerprint density at radius 2 is 2.09 bits per heavy atom. The molecule has 0 aliphatic carbocycles. The van der Waals surface area contributed by atoms with Gasteiger partial charge in [-0.15, -0.1) is 0 Å². The van der Waals surface area contributed by atoms with Crippen molar-refractivity contribution in [2.75, 3.05) is 5.32 Å². The van der Waals surface area contributed by atoms with Crippen LogP contribution in [0.5, 0.6) is 0 Å². The molecule has 2 N–H and O–H groups in total.